The summed E-state index contributed by atoms with van der Waals surface area (Å²) >= 11 is 6.27. The van der Waals surface area contributed by atoms with Crippen LogP contribution in [-0.4, -0.2) is 58.5 Å². The quantitative estimate of drug-likeness (QED) is 0.798. The van der Waals surface area contributed by atoms with E-state index in [0.717, 1.165) is 17.9 Å². The second kappa shape index (κ2) is 6.45. The Morgan fingerprint density at radius 1 is 1.19 bits per heavy atom. The number of carbonyl (C=O) groups excluding carboxylic acids is 1. The average Bonchev–Trinajstić information content (AvgIpc) is 3.39. The van der Waals surface area contributed by atoms with E-state index < -0.39 is 5.54 Å². The van der Waals surface area contributed by atoms with E-state index in [-0.39, 0.29) is 5.91 Å². The van der Waals surface area contributed by atoms with Gasteiger partial charge >= 0.3 is 0 Å². The van der Waals surface area contributed by atoms with Gasteiger partial charge in [-0.3, -0.25) is 4.79 Å². The van der Waals surface area contributed by atoms with E-state index >= 15 is 0 Å². The number of halogens is 1. The molecule has 3 heterocycles. The summed E-state index contributed by atoms with van der Waals surface area (Å²) in [7, 11) is 0. The minimum Gasteiger partial charge on any atom is -0.381 e. The largest absolute Gasteiger partial charge is 0.381 e. The van der Waals surface area contributed by atoms with E-state index in [9.17, 15) is 4.79 Å². The van der Waals surface area contributed by atoms with Gasteiger partial charge in [0.15, 0.2) is 0 Å². The molecule has 1 saturated carbocycles. The van der Waals surface area contributed by atoms with Crippen molar-refractivity contribution < 1.29 is 9.53 Å². The summed E-state index contributed by atoms with van der Waals surface area (Å²) in [5.41, 5.74) is 1.16. The number of tetrazole rings is 1. The van der Waals surface area contributed by atoms with Gasteiger partial charge in [0.25, 0.3) is 5.91 Å². The molecule has 8 nitrogen and oxygen atoms in total. The molecule has 2 aromatic rings. The van der Waals surface area contributed by atoms with Crippen LogP contribution in [-0.2, 0) is 15.1 Å². The van der Waals surface area contributed by atoms with Crippen molar-refractivity contribution in [3.8, 4) is 0 Å². The van der Waals surface area contributed by atoms with E-state index in [4.69, 9.17) is 16.3 Å². The van der Waals surface area contributed by atoms with Gasteiger partial charge < -0.3 is 14.5 Å². The minimum absolute atomic E-state index is 0.0251. The number of hydrogen-bond donors (Lipinski definition) is 0. The monoisotopic (exact) mass is 388 g/mol. The van der Waals surface area contributed by atoms with E-state index in [1.807, 2.05) is 23.1 Å². The molecular formula is C18H21ClN6O2. The molecule has 0 spiro atoms. The first-order chi connectivity index (χ1) is 13.2. The van der Waals surface area contributed by atoms with Crippen molar-refractivity contribution >= 4 is 28.9 Å². The van der Waals surface area contributed by atoms with E-state index in [1.165, 1.54) is 19.2 Å². The van der Waals surface area contributed by atoms with Gasteiger partial charge in [0, 0.05) is 50.2 Å². The van der Waals surface area contributed by atoms with Gasteiger partial charge in [-0.15, -0.1) is 5.10 Å². The molecule has 1 aliphatic carbocycles. The van der Waals surface area contributed by atoms with Gasteiger partial charge in [-0.25, -0.2) is 4.68 Å². The van der Waals surface area contributed by atoms with E-state index in [2.05, 4.69) is 20.4 Å². The molecule has 27 heavy (non-hydrogen) atoms. The molecule has 0 radical (unpaired) electrons. The lowest BCUT2D eigenvalue weighted by Gasteiger charge is -2.43. The molecule has 2 fully saturated rings. The van der Waals surface area contributed by atoms with Crippen molar-refractivity contribution in [1.82, 2.24) is 20.2 Å². The molecule has 5 rings (SSSR count). The lowest BCUT2D eigenvalue weighted by molar-refractivity contribution is -0.133. The fourth-order valence-corrected chi connectivity index (χ4v) is 4.40. The average molecular weight is 389 g/mol. The van der Waals surface area contributed by atoms with Crippen molar-refractivity contribution in [2.45, 2.75) is 37.3 Å². The lowest BCUT2D eigenvalue weighted by Crippen LogP contribution is -2.57. The molecule has 1 amide bonds. The zero-order valence-electron chi connectivity index (χ0n) is 14.9. The van der Waals surface area contributed by atoms with Crippen molar-refractivity contribution in [2.24, 2.45) is 0 Å². The normalized spacial score (nSPS) is 21.8. The smallest absolute Gasteiger partial charge is 0.255 e. The van der Waals surface area contributed by atoms with Crippen LogP contribution >= 0.6 is 11.6 Å². The number of anilines is 2. The highest BCUT2D eigenvalue weighted by Crippen LogP contribution is 2.43. The third kappa shape index (κ3) is 2.78. The number of rotatable bonds is 3. The van der Waals surface area contributed by atoms with Gasteiger partial charge in [-0.2, -0.15) is 0 Å². The van der Waals surface area contributed by atoms with Crippen LogP contribution in [0.1, 0.15) is 25.7 Å². The Bertz CT molecular complexity index is 848. The summed E-state index contributed by atoms with van der Waals surface area (Å²) in [6.07, 6.45) is 5.05. The number of amides is 1. The predicted molar refractivity (Wildman–Crippen MR) is 100 cm³/mol. The molecular weight excluding hydrogens is 368 g/mol. The second-order valence-electron chi connectivity index (χ2n) is 7.41. The molecule has 9 heteroatoms. The molecule has 1 aromatic heterocycles. The maximum Gasteiger partial charge on any atom is 0.255 e. The molecule has 142 valence electrons. The lowest BCUT2D eigenvalue weighted by atomic mass is 9.88. The minimum atomic E-state index is -0.805. The number of benzene rings is 1. The van der Waals surface area contributed by atoms with E-state index in [1.54, 1.807) is 4.68 Å². The molecule has 0 unspecified atom stereocenters. The third-order valence-electron chi connectivity index (χ3n) is 5.84. The number of hydrogen-bond acceptors (Lipinski definition) is 6. The molecule has 0 bridgehead atoms. The summed E-state index contributed by atoms with van der Waals surface area (Å²) in [4.78, 5) is 18.1. The van der Waals surface area contributed by atoms with Crippen LogP contribution < -0.4 is 9.80 Å². The Morgan fingerprint density at radius 3 is 2.70 bits per heavy atom. The van der Waals surface area contributed by atoms with Crippen LogP contribution in [0.3, 0.4) is 0 Å². The van der Waals surface area contributed by atoms with E-state index in [0.29, 0.717) is 43.7 Å². The molecule has 2 aliphatic heterocycles. The van der Waals surface area contributed by atoms with Crippen LogP contribution in [0.5, 0.6) is 0 Å². The summed E-state index contributed by atoms with van der Waals surface area (Å²) in [5, 5.41) is 12.3. The standard InChI is InChI=1S/C18H21ClN6O2/c19-13-1-4-15-16(11-13)23(14-2-3-14)7-8-24(15)17(26)18(5-9-27-10-6-18)25-12-20-21-22-25/h1,4,11-12,14H,2-3,5-10H2. The van der Waals surface area contributed by atoms with Gasteiger partial charge in [0.1, 0.15) is 11.9 Å². The number of nitrogens with zero attached hydrogens (tertiary/aromatic N) is 6. The molecule has 1 saturated heterocycles. The van der Waals surface area contributed by atoms with Crippen molar-refractivity contribution in [2.75, 3.05) is 36.1 Å². The van der Waals surface area contributed by atoms with Crippen LogP contribution in [0.2, 0.25) is 5.02 Å². The maximum absolute atomic E-state index is 13.8. The first-order valence-corrected chi connectivity index (χ1v) is 9.76. The summed E-state index contributed by atoms with van der Waals surface area (Å²) in [5.74, 6) is 0.0251. The first kappa shape index (κ1) is 16.9. The van der Waals surface area contributed by atoms with Crippen LogP contribution in [0.4, 0.5) is 11.4 Å². The molecule has 0 atom stereocenters. The highest BCUT2D eigenvalue weighted by Gasteiger charge is 2.47. The second-order valence-corrected chi connectivity index (χ2v) is 7.85. The topological polar surface area (TPSA) is 76.4 Å². The summed E-state index contributed by atoms with van der Waals surface area (Å²) in [6, 6.07) is 6.35. The Labute approximate surface area is 162 Å². The predicted octanol–water partition coefficient (Wildman–Crippen LogP) is 1.85. The number of ether oxygens (including phenoxy) is 1. The number of carbonyl (C=O) groups is 1. The van der Waals surface area contributed by atoms with Crippen molar-refractivity contribution in [1.29, 1.82) is 0 Å². The van der Waals surface area contributed by atoms with Crippen LogP contribution in [0, 0.1) is 0 Å². The Morgan fingerprint density at radius 2 is 2.00 bits per heavy atom. The number of fused-ring (bicyclic) bond motifs is 1. The number of aromatic nitrogens is 4. The van der Waals surface area contributed by atoms with Crippen molar-refractivity contribution in [3.63, 3.8) is 0 Å². The molecule has 3 aliphatic rings. The van der Waals surface area contributed by atoms with Crippen LogP contribution in [0.15, 0.2) is 24.5 Å². The van der Waals surface area contributed by atoms with Gasteiger partial charge in [0.2, 0.25) is 0 Å². The Hall–Kier alpha value is -2.19. The van der Waals surface area contributed by atoms with Gasteiger partial charge in [0.05, 0.1) is 11.4 Å². The highest BCUT2D eigenvalue weighted by molar-refractivity contribution is 6.31. The summed E-state index contributed by atoms with van der Waals surface area (Å²) < 4.78 is 7.14. The first-order valence-electron chi connectivity index (χ1n) is 9.38. The molecule has 1 aromatic carbocycles. The summed E-state index contributed by atoms with van der Waals surface area (Å²) in [6.45, 7) is 2.49. The Balaban J connectivity index is 1.55. The highest BCUT2D eigenvalue weighted by atomic mass is 35.5. The maximum atomic E-state index is 13.8. The fourth-order valence-electron chi connectivity index (χ4n) is 4.24. The van der Waals surface area contributed by atoms with Gasteiger partial charge in [-0.1, -0.05) is 11.6 Å². The zero-order chi connectivity index (χ0) is 18.4. The van der Waals surface area contributed by atoms with Gasteiger partial charge in [-0.05, 0) is 41.5 Å². The zero-order valence-corrected chi connectivity index (χ0v) is 15.7. The SMILES string of the molecule is O=C(N1CCN(C2CC2)c2cc(Cl)ccc21)C1(n2cnnn2)CCOCC1. The van der Waals surface area contributed by atoms with Crippen molar-refractivity contribution in [3.05, 3.63) is 29.5 Å². The molecule has 0 N–H and O–H groups in total. The Kier molecular flexibility index (Phi) is 4.05. The third-order valence-corrected chi connectivity index (χ3v) is 6.08. The fraction of sp³-hybridized carbons (Fsp3) is 0.556. The van der Waals surface area contributed by atoms with Crippen LogP contribution in [0.25, 0.3) is 0 Å².